The zero-order valence-electron chi connectivity index (χ0n) is 22.6. The number of nitrogens with zero attached hydrogens (tertiary/aromatic N) is 5. The number of halogens is 1. The van der Waals surface area contributed by atoms with Crippen molar-refractivity contribution in [2.75, 3.05) is 5.73 Å². The smallest absolute Gasteiger partial charge is 0.264 e. The number of nitrogens with two attached hydrogens (primary N) is 1. The van der Waals surface area contributed by atoms with Gasteiger partial charge in [-0.25, -0.2) is 9.50 Å². The highest BCUT2D eigenvalue weighted by Gasteiger charge is 2.24. The van der Waals surface area contributed by atoms with Crippen LogP contribution in [0.3, 0.4) is 0 Å². The average molecular weight is 686 g/mol. The highest BCUT2D eigenvalue weighted by molar-refractivity contribution is 14.1. The first-order chi connectivity index (χ1) is 20.3. The number of hydrogen-bond donors (Lipinski definition) is 2. The maximum Gasteiger partial charge on any atom is 0.264 e. The van der Waals surface area contributed by atoms with Crippen LogP contribution in [-0.4, -0.2) is 30.1 Å². The first-order valence-corrected chi connectivity index (χ1v) is 15.2. The van der Waals surface area contributed by atoms with Crippen LogP contribution in [0.4, 0.5) is 5.82 Å². The lowest BCUT2D eigenvalue weighted by Gasteiger charge is -2.21. The molecule has 0 fully saturated rings. The Bertz CT molecular complexity index is 2070. The Balaban J connectivity index is 1.46. The number of anilines is 1. The lowest BCUT2D eigenvalue weighted by molar-refractivity contribution is 0.0941. The number of carbonyl (C=O) groups is 1. The fourth-order valence-corrected chi connectivity index (χ4v) is 5.61. The van der Waals surface area contributed by atoms with Gasteiger partial charge in [0.1, 0.15) is 5.56 Å². The van der Waals surface area contributed by atoms with Crippen molar-refractivity contribution >= 4 is 62.1 Å². The number of aromatic nitrogens is 5. The molecule has 0 aliphatic rings. The largest absolute Gasteiger partial charge is 0.381 e. The Morgan fingerprint density at radius 1 is 1.10 bits per heavy atom. The van der Waals surface area contributed by atoms with E-state index in [1.54, 1.807) is 22.5 Å². The van der Waals surface area contributed by atoms with Crippen LogP contribution >= 0.6 is 33.9 Å². The molecule has 0 radical (unpaired) electrons. The summed E-state index contributed by atoms with van der Waals surface area (Å²) in [5.74, 6) is 5.90. The van der Waals surface area contributed by atoms with E-state index in [0.29, 0.717) is 28.0 Å². The lowest BCUT2D eigenvalue weighted by Crippen LogP contribution is -2.32. The van der Waals surface area contributed by atoms with Gasteiger partial charge in [-0.05, 0) is 55.5 Å². The fourth-order valence-electron chi connectivity index (χ4n) is 4.80. The number of nitrogens with one attached hydrogen (secondary N) is 1. The fraction of sp³-hybridized carbons (Fsp3) is 0.129. The first-order valence-electron chi connectivity index (χ1n) is 13.1. The van der Waals surface area contributed by atoms with Crippen molar-refractivity contribution in [1.82, 2.24) is 29.5 Å². The summed E-state index contributed by atoms with van der Waals surface area (Å²) in [7, 11) is 0. The van der Waals surface area contributed by atoms with Crippen LogP contribution in [0.2, 0.25) is 0 Å². The molecule has 0 bridgehead atoms. The highest BCUT2D eigenvalue weighted by Crippen LogP contribution is 2.26. The third-order valence-corrected chi connectivity index (χ3v) is 8.13. The monoisotopic (exact) mass is 685 g/mol. The van der Waals surface area contributed by atoms with E-state index in [0.717, 1.165) is 16.0 Å². The van der Waals surface area contributed by atoms with E-state index in [-0.39, 0.29) is 20.9 Å². The number of alkyl halides is 1. The van der Waals surface area contributed by atoms with Crippen LogP contribution in [-0.2, 0) is 0 Å². The van der Waals surface area contributed by atoms with Gasteiger partial charge >= 0.3 is 0 Å². The minimum Gasteiger partial charge on any atom is -0.381 e. The van der Waals surface area contributed by atoms with Crippen LogP contribution < -0.4 is 16.6 Å². The van der Waals surface area contributed by atoms with Gasteiger partial charge in [0, 0.05) is 23.1 Å². The van der Waals surface area contributed by atoms with Gasteiger partial charge in [-0.15, -0.1) is 16.4 Å². The molecule has 42 heavy (non-hydrogen) atoms. The molecular formula is C31H24IN7O2S. The molecule has 11 heteroatoms. The predicted molar refractivity (Wildman–Crippen MR) is 173 cm³/mol. The number of rotatable bonds is 5. The Hall–Kier alpha value is -4.54. The highest BCUT2D eigenvalue weighted by atomic mass is 127. The zero-order valence-corrected chi connectivity index (χ0v) is 25.6. The maximum absolute atomic E-state index is 14.2. The SMILES string of the molecule is CC(I)c1ccn2nc(N)c(C(=O)N[C@H](C)c3cc4cccc(C#Cc5cncs5)c4c(=O)n3-c3ccccc3)c2n1. The summed E-state index contributed by atoms with van der Waals surface area (Å²) < 4.78 is 3.26. The molecule has 0 saturated heterocycles. The summed E-state index contributed by atoms with van der Waals surface area (Å²) in [5, 5.41) is 8.53. The number of benzene rings is 2. The molecule has 2 aromatic carbocycles. The van der Waals surface area contributed by atoms with Gasteiger partial charge < -0.3 is 11.1 Å². The van der Waals surface area contributed by atoms with Crippen LogP contribution in [0.5, 0.6) is 0 Å². The Labute approximate surface area is 258 Å². The van der Waals surface area contributed by atoms with Crippen LogP contribution in [0.1, 0.15) is 56.0 Å². The Morgan fingerprint density at radius 3 is 2.64 bits per heavy atom. The molecule has 0 spiro atoms. The topological polar surface area (TPSA) is 120 Å². The zero-order chi connectivity index (χ0) is 29.4. The van der Waals surface area contributed by atoms with Gasteiger partial charge in [0.15, 0.2) is 11.5 Å². The third kappa shape index (κ3) is 5.15. The molecule has 3 N–H and O–H groups in total. The number of thiazole rings is 1. The van der Waals surface area contributed by atoms with Gasteiger partial charge in [0.05, 0.1) is 37.6 Å². The number of para-hydroxylation sites is 1. The summed E-state index contributed by atoms with van der Waals surface area (Å²) >= 11 is 3.70. The molecule has 208 valence electrons. The molecule has 0 aliphatic carbocycles. The third-order valence-electron chi connectivity index (χ3n) is 6.80. The van der Waals surface area contributed by atoms with E-state index in [9.17, 15) is 9.59 Å². The number of pyridine rings is 1. The summed E-state index contributed by atoms with van der Waals surface area (Å²) in [6, 6.07) is 18.1. The van der Waals surface area contributed by atoms with E-state index in [1.807, 2.05) is 74.5 Å². The van der Waals surface area contributed by atoms with Crippen LogP contribution in [0.15, 0.2) is 83.4 Å². The summed E-state index contributed by atoms with van der Waals surface area (Å²) in [6.07, 6.45) is 3.44. The molecule has 4 heterocycles. The molecule has 2 atom stereocenters. The summed E-state index contributed by atoms with van der Waals surface area (Å²) in [4.78, 5) is 37.4. The first kappa shape index (κ1) is 27.6. The molecule has 6 rings (SSSR count). The second kappa shape index (κ2) is 11.4. The molecule has 9 nitrogen and oxygen atoms in total. The summed E-state index contributed by atoms with van der Waals surface area (Å²) in [6.45, 7) is 3.85. The van der Waals surface area contributed by atoms with Crippen molar-refractivity contribution in [3.05, 3.63) is 116 Å². The molecule has 0 saturated carbocycles. The van der Waals surface area contributed by atoms with Gasteiger partial charge in [-0.1, -0.05) is 58.8 Å². The number of amides is 1. The summed E-state index contributed by atoms with van der Waals surface area (Å²) in [5.41, 5.74) is 10.9. The predicted octanol–water partition coefficient (Wildman–Crippen LogP) is 5.46. The maximum atomic E-state index is 14.2. The van der Waals surface area contributed by atoms with Crippen LogP contribution in [0, 0.1) is 11.8 Å². The van der Waals surface area contributed by atoms with Gasteiger partial charge in [-0.2, -0.15) is 0 Å². The normalized spacial score (nSPS) is 12.5. The molecule has 0 aliphatic heterocycles. The molecule has 6 aromatic rings. The van der Waals surface area contributed by atoms with Gasteiger partial charge in [0.25, 0.3) is 11.5 Å². The van der Waals surface area contributed by atoms with E-state index in [4.69, 9.17) is 5.73 Å². The standard InChI is InChI=1S/C31H24IN7O2S/c1-18(32)24-13-14-38-29(36-24)27(28(33)37-38)30(40)35-19(2)25-15-21-8-6-7-20(11-12-23-16-34-17-42-23)26(21)31(41)39(25)22-9-4-3-5-10-22/h3-10,13-19H,1-2H3,(H2,33,37)(H,35,40)/t18?,19-/m1/s1. The Morgan fingerprint density at radius 2 is 1.90 bits per heavy atom. The minimum atomic E-state index is -0.581. The van der Waals surface area contributed by atoms with Crippen molar-refractivity contribution < 1.29 is 4.79 Å². The Kier molecular flexibility index (Phi) is 7.49. The van der Waals surface area contributed by atoms with Crippen molar-refractivity contribution in [3.63, 3.8) is 0 Å². The van der Waals surface area contributed by atoms with Crippen molar-refractivity contribution in [3.8, 4) is 17.5 Å². The molecule has 1 unspecified atom stereocenters. The van der Waals surface area contributed by atoms with Gasteiger partial charge in [-0.3, -0.25) is 19.1 Å². The van der Waals surface area contributed by atoms with Crippen molar-refractivity contribution in [2.24, 2.45) is 0 Å². The minimum absolute atomic E-state index is 0.0774. The van der Waals surface area contributed by atoms with Gasteiger partial charge in [0.2, 0.25) is 0 Å². The molecule has 4 aromatic heterocycles. The van der Waals surface area contributed by atoms with E-state index < -0.39 is 11.9 Å². The average Bonchev–Trinajstić information content (AvgIpc) is 3.62. The number of fused-ring (bicyclic) bond motifs is 2. The molecular weight excluding hydrogens is 661 g/mol. The number of nitrogen functional groups attached to an aromatic ring is 1. The second-order valence-electron chi connectivity index (χ2n) is 9.62. The van der Waals surface area contributed by atoms with E-state index in [2.05, 4.69) is 54.8 Å². The second-order valence-corrected chi connectivity index (χ2v) is 12.4. The van der Waals surface area contributed by atoms with Crippen molar-refractivity contribution in [2.45, 2.75) is 23.8 Å². The van der Waals surface area contributed by atoms with E-state index in [1.165, 1.54) is 15.9 Å². The number of carbonyl (C=O) groups excluding carboxylic acids is 1. The van der Waals surface area contributed by atoms with Crippen LogP contribution in [0.25, 0.3) is 22.1 Å². The molecule has 1 amide bonds. The van der Waals surface area contributed by atoms with E-state index >= 15 is 0 Å². The number of hydrogen-bond acceptors (Lipinski definition) is 7. The lowest BCUT2D eigenvalue weighted by atomic mass is 10.0. The van der Waals surface area contributed by atoms with Crippen molar-refractivity contribution in [1.29, 1.82) is 0 Å². The quantitative estimate of drug-likeness (QED) is 0.141.